The Morgan fingerprint density at radius 1 is 1.02 bits per heavy atom. The molecule has 2 aliphatic rings. The molecule has 0 aliphatic carbocycles. The fourth-order valence-corrected chi connectivity index (χ4v) is 7.07. The number of aryl methyl sites for hydroxylation is 2. The van der Waals surface area contributed by atoms with Crippen LogP contribution in [0.3, 0.4) is 0 Å². The van der Waals surface area contributed by atoms with Crippen molar-refractivity contribution in [2.75, 3.05) is 5.32 Å². The third kappa shape index (κ3) is 6.81. The highest BCUT2D eigenvalue weighted by Crippen LogP contribution is 2.32. The summed E-state index contributed by atoms with van der Waals surface area (Å²) in [5, 5.41) is 6.28. The van der Waals surface area contributed by atoms with E-state index in [9.17, 15) is 14.4 Å². The van der Waals surface area contributed by atoms with Crippen molar-refractivity contribution in [3.63, 3.8) is 0 Å². The van der Waals surface area contributed by atoms with Crippen molar-refractivity contribution in [1.82, 2.24) is 19.8 Å². The van der Waals surface area contributed by atoms with Crippen molar-refractivity contribution < 1.29 is 14.3 Å². The van der Waals surface area contributed by atoms with E-state index in [4.69, 9.17) is 4.74 Å². The number of amides is 2. The van der Waals surface area contributed by atoms with Crippen LogP contribution in [0.4, 0.5) is 10.6 Å². The number of hydrogen-bond donors (Lipinski definition) is 2. The molecule has 6 rings (SSSR count). The first-order chi connectivity index (χ1) is 21.6. The summed E-state index contributed by atoms with van der Waals surface area (Å²) >= 11 is 1.59. The number of hydrogen-bond acceptors (Lipinski definition) is 7. The largest absolute Gasteiger partial charge is 0.444 e. The normalized spacial score (nSPS) is 15.5. The zero-order chi connectivity index (χ0) is 31.7. The Hall–Kier alpha value is -4.44. The fourth-order valence-electron chi connectivity index (χ4n) is 5.93. The molecule has 2 amide bonds. The van der Waals surface area contributed by atoms with Gasteiger partial charge in [-0.25, -0.2) is 9.78 Å². The number of thiophene rings is 1. The second kappa shape index (κ2) is 12.5. The minimum Gasteiger partial charge on any atom is -0.444 e. The van der Waals surface area contributed by atoms with Gasteiger partial charge in [0.05, 0.1) is 19.6 Å². The van der Waals surface area contributed by atoms with Crippen molar-refractivity contribution in [1.29, 1.82) is 0 Å². The van der Waals surface area contributed by atoms with Crippen LogP contribution < -0.4 is 16.2 Å². The first kappa shape index (κ1) is 30.6. The van der Waals surface area contributed by atoms with Crippen molar-refractivity contribution in [3.05, 3.63) is 103 Å². The molecule has 234 valence electrons. The van der Waals surface area contributed by atoms with E-state index in [1.54, 1.807) is 27.0 Å². The molecule has 0 bridgehead atoms. The van der Waals surface area contributed by atoms with Gasteiger partial charge in [0.25, 0.3) is 5.56 Å². The van der Waals surface area contributed by atoms with Crippen molar-refractivity contribution in [3.8, 4) is 11.1 Å². The van der Waals surface area contributed by atoms with Gasteiger partial charge in [-0.3, -0.25) is 19.1 Å². The Labute approximate surface area is 267 Å². The van der Waals surface area contributed by atoms with Crippen molar-refractivity contribution in [2.24, 2.45) is 0 Å². The van der Waals surface area contributed by atoms with Gasteiger partial charge in [0, 0.05) is 28.2 Å². The molecule has 0 fully saturated rings. The second-order valence-electron chi connectivity index (χ2n) is 12.7. The predicted molar refractivity (Wildman–Crippen MR) is 176 cm³/mol. The lowest BCUT2D eigenvalue weighted by Crippen LogP contribution is -2.36. The quantitative estimate of drug-likeness (QED) is 0.242. The maximum absolute atomic E-state index is 13.6. The van der Waals surface area contributed by atoms with Crippen LogP contribution in [-0.4, -0.2) is 32.1 Å². The van der Waals surface area contributed by atoms with E-state index < -0.39 is 11.6 Å². The number of fused-ring (bicyclic) bond motifs is 2. The highest BCUT2D eigenvalue weighted by molar-refractivity contribution is 7.12. The lowest BCUT2D eigenvalue weighted by molar-refractivity contribution is -0.124. The Bertz CT molecular complexity index is 1770. The van der Waals surface area contributed by atoms with Gasteiger partial charge in [0.2, 0.25) is 5.91 Å². The molecule has 2 N–H and O–H groups in total. The van der Waals surface area contributed by atoms with Crippen LogP contribution in [-0.2, 0) is 48.6 Å². The molecule has 4 aromatic rings. The summed E-state index contributed by atoms with van der Waals surface area (Å²) < 4.78 is 7.09. The van der Waals surface area contributed by atoms with Crippen LogP contribution in [0, 0.1) is 0 Å². The van der Waals surface area contributed by atoms with E-state index in [1.165, 1.54) is 5.56 Å². The lowest BCUT2D eigenvalue weighted by atomic mass is 9.98. The summed E-state index contributed by atoms with van der Waals surface area (Å²) in [6, 6.07) is 18.2. The van der Waals surface area contributed by atoms with Gasteiger partial charge in [0.1, 0.15) is 11.6 Å². The molecule has 2 aromatic carbocycles. The molecule has 10 heteroatoms. The molecule has 0 saturated heterocycles. The third-order valence-corrected chi connectivity index (χ3v) is 9.28. The number of aromatic nitrogens is 2. The fraction of sp³-hybridized carbons (Fsp3) is 0.371. The Balaban J connectivity index is 1.09. The van der Waals surface area contributed by atoms with Crippen LogP contribution in [0.15, 0.2) is 65.6 Å². The summed E-state index contributed by atoms with van der Waals surface area (Å²) in [6.07, 6.45) is 3.46. The average molecular weight is 626 g/mol. The molecule has 4 heterocycles. The zero-order valence-corrected chi connectivity index (χ0v) is 27.0. The van der Waals surface area contributed by atoms with Crippen molar-refractivity contribution in [2.45, 2.75) is 84.8 Å². The van der Waals surface area contributed by atoms with Crippen LogP contribution in [0.1, 0.15) is 72.3 Å². The summed E-state index contributed by atoms with van der Waals surface area (Å²) in [7, 11) is 0. The van der Waals surface area contributed by atoms with Crippen LogP contribution in [0.25, 0.3) is 11.1 Å². The highest BCUT2D eigenvalue weighted by Gasteiger charge is 2.32. The first-order valence-corrected chi connectivity index (χ1v) is 16.3. The van der Waals surface area contributed by atoms with E-state index in [-0.39, 0.29) is 23.4 Å². The van der Waals surface area contributed by atoms with Crippen LogP contribution in [0.5, 0.6) is 0 Å². The number of carbonyl (C=O) groups excluding carboxylic acids is 2. The predicted octanol–water partition coefficient (Wildman–Crippen LogP) is 6.20. The highest BCUT2D eigenvalue weighted by atomic mass is 32.1. The van der Waals surface area contributed by atoms with Gasteiger partial charge in [0.15, 0.2) is 5.82 Å². The standard InChI is InChI=1S/C35H39N5O4S/c1-5-22-13-23(15-25(14-22)24-9-7-6-8-10-24)17-36-31-33(42)40-27(18-37-31)11-12-29(40)32(41)38-19-28-16-26-20-39(21-30(26)45-28)34(43)44-35(2,3)4/h6-10,13-16,18,29H,5,11-12,17,19-21H2,1-4H3,(H,36,37)(H,38,41). The van der Waals surface area contributed by atoms with Gasteiger partial charge < -0.3 is 15.4 Å². The molecule has 1 atom stereocenters. The third-order valence-electron chi connectivity index (χ3n) is 8.12. The number of anilines is 1. The number of carbonyl (C=O) groups is 2. The molecular weight excluding hydrogens is 586 g/mol. The van der Waals surface area contributed by atoms with Gasteiger partial charge in [-0.15, -0.1) is 11.3 Å². The molecule has 1 unspecified atom stereocenters. The lowest BCUT2D eigenvalue weighted by Gasteiger charge is -2.24. The molecule has 0 spiro atoms. The number of nitrogens with zero attached hydrogens (tertiary/aromatic N) is 3. The molecule has 0 radical (unpaired) electrons. The van der Waals surface area contributed by atoms with E-state index in [1.807, 2.05) is 45.0 Å². The van der Waals surface area contributed by atoms with Gasteiger partial charge in [-0.2, -0.15) is 0 Å². The summed E-state index contributed by atoms with van der Waals surface area (Å²) in [4.78, 5) is 47.6. The van der Waals surface area contributed by atoms with Crippen LogP contribution >= 0.6 is 11.3 Å². The topological polar surface area (TPSA) is 106 Å². The van der Waals surface area contributed by atoms with Gasteiger partial charge in [-0.1, -0.05) is 49.4 Å². The molecule has 0 saturated carbocycles. The number of benzene rings is 2. The average Bonchev–Trinajstić information content (AvgIpc) is 3.73. The molecule has 2 aliphatic heterocycles. The molecule has 2 aromatic heterocycles. The molecular formula is C35H39N5O4S. The molecule has 45 heavy (non-hydrogen) atoms. The van der Waals surface area contributed by atoms with E-state index in [2.05, 4.69) is 52.9 Å². The summed E-state index contributed by atoms with van der Waals surface area (Å²) in [5.41, 5.74) is 5.60. The monoisotopic (exact) mass is 625 g/mol. The van der Waals surface area contributed by atoms with Crippen molar-refractivity contribution >= 4 is 29.2 Å². The number of nitrogens with one attached hydrogen (secondary N) is 2. The van der Waals surface area contributed by atoms with Gasteiger partial charge in [-0.05, 0) is 80.0 Å². The number of rotatable bonds is 8. The van der Waals surface area contributed by atoms with E-state index >= 15 is 0 Å². The first-order valence-electron chi connectivity index (χ1n) is 15.5. The summed E-state index contributed by atoms with van der Waals surface area (Å²) in [5.74, 6) is 0.0610. The summed E-state index contributed by atoms with van der Waals surface area (Å²) in [6.45, 7) is 9.53. The smallest absolute Gasteiger partial charge is 0.410 e. The zero-order valence-electron chi connectivity index (χ0n) is 26.2. The Morgan fingerprint density at radius 2 is 1.80 bits per heavy atom. The maximum Gasteiger partial charge on any atom is 0.410 e. The minimum atomic E-state index is -0.585. The van der Waals surface area contributed by atoms with Gasteiger partial charge >= 0.3 is 6.09 Å². The minimum absolute atomic E-state index is 0.180. The Morgan fingerprint density at radius 3 is 2.53 bits per heavy atom. The molecule has 9 nitrogen and oxygen atoms in total. The van der Waals surface area contributed by atoms with E-state index in [0.717, 1.165) is 44.1 Å². The number of ether oxygens (including phenoxy) is 1. The van der Waals surface area contributed by atoms with Crippen LogP contribution in [0.2, 0.25) is 0 Å². The second-order valence-corrected chi connectivity index (χ2v) is 13.9. The Kier molecular flexibility index (Phi) is 8.50. The maximum atomic E-state index is 13.6. The SMILES string of the molecule is CCc1cc(CNc2ncc3n(c2=O)C(C(=O)NCc2cc4c(s2)CN(C(=O)OC(C)(C)C)C4)CC3)cc(-c2ccccc2)c1. The van der Waals surface area contributed by atoms with E-state index in [0.29, 0.717) is 39.0 Å².